The van der Waals surface area contributed by atoms with Crippen LogP contribution in [0.2, 0.25) is 15.1 Å². The molecule has 1 fully saturated rings. The molecule has 0 bridgehead atoms. The Bertz CT molecular complexity index is 1280. The average Bonchev–Trinajstić information content (AvgIpc) is 3.12. The number of halogens is 3. The summed E-state index contributed by atoms with van der Waals surface area (Å²) in [5, 5.41) is 4.78. The molecule has 156 valence electrons. The van der Waals surface area contributed by atoms with E-state index in [1.807, 2.05) is 52.9 Å². The van der Waals surface area contributed by atoms with Crippen LogP contribution in [0.1, 0.15) is 29.6 Å². The van der Waals surface area contributed by atoms with E-state index in [0.717, 1.165) is 41.8 Å². The van der Waals surface area contributed by atoms with Gasteiger partial charge in [0.2, 0.25) is 0 Å². The smallest absolute Gasteiger partial charge is 0.253 e. The summed E-state index contributed by atoms with van der Waals surface area (Å²) in [4.78, 5) is 17.6. The second-order valence-corrected chi connectivity index (χ2v) is 8.97. The van der Waals surface area contributed by atoms with Crippen molar-refractivity contribution in [3.8, 4) is 22.5 Å². The van der Waals surface area contributed by atoms with Crippen LogP contribution in [0.5, 0.6) is 0 Å². The maximum Gasteiger partial charge on any atom is 0.253 e. The first-order valence-corrected chi connectivity index (χ1v) is 11.2. The molecule has 5 rings (SSSR count). The molecule has 31 heavy (non-hydrogen) atoms. The van der Waals surface area contributed by atoms with Crippen molar-refractivity contribution in [1.82, 2.24) is 14.7 Å². The molecule has 0 atom stereocenters. The second-order valence-electron chi connectivity index (χ2n) is 7.69. The molecule has 1 aliphatic carbocycles. The summed E-state index contributed by atoms with van der Waals surface area (Å²) in [5.41, 5.74) is 4.46. The Morgan fingerprint density at radius 1 is 0.935 bits per heavy atom. The Hall–Kier alpha value is -2.53. The fourth-order valence-electron chi connectivity index (χ4n) is 3.74. The summed E-state index contributed by atoms with van der Waals surface area (Å²) >= 11 is 18.8. The Morgan fingerprint density at radius 2 is 1.55 bits per heavy atom. The summed E-state index contributed by atoms with van der Waals surface area (Å²) in [6.07, 6.45) is 4.98. The topological polar surface area (TPSA) is 46.4 Å². The average molecular weight is 471 g/mol. The number of benzene rings is 2. The van der Waals surface area contributed by atoms with Crippen molar-refractivity contribution in [2.45, 2.75) is 25.3 Å². The first kappa shape index (κ1) is 20.4. The van der Waals surface area contributed by atoms with Crippen molar-refractivity contribution < 1.29 is 4.79 Å². The zero-order valence-corrected chi connectivity index (χ0v) is 18.7. The van der Waals surface area contributed by atoms with E-state index in [2.05, 4.69) is 5.32 Å². The molecule has 1 aliphatic rings. The van der Waals surface area contributed by atoms with Gasteiger partial charge in [0.15, 0.2) is 5.65 Å². The first-order chi connectivity index (χ1) is 15.0. The number of hydrogen-bond donors (Lipinski definition) is 1. The third kappa shape index (κ3) is 3.91. The van der Waals surface area contributed by atoms with Crippen LogP contribution in [0.15, 0.2) is 60.8 Å². The Labute approximate surface area is 194 Å². The lowest BCUT2D eigenvalue weighted by atomic mass is 9.93. The highest BCUT2D eigenvalue weighted by atomic mass is 35.5. The summed E-state index contributed by atoms with van der Waals surface area (Å²) in [6, 6.07) is 16.9. The van der Waals surface area contributed by atoms with E-state index < -0.39 is 0 Å². The van der Waals surface area contributed by atoms with E-state index in [9.17, 15) is 4.79 Å². The molecule has 0 aliphatic heterocycles. The molecule has 7 heteroatoms. The van der Waals surface area contributed by atoms with Crippen LogP contribution in [0.25, 0.3) is 28.2 Å². The molecular formula is C24H18Cl3N3O. The molecule has 1 amide bonds. The molecule has 0 radical (unpaired) electrons. The third-order valence-corrected chi connectivity index (χ3v) is 6.40. The van der Waals surface area contributed by atoms with E-state index in [1.165, 1.54) is 0 Å². The lowest BCUT2D eigenvalue weighted by Crippen LogP contribution is -2.39. The summed E-state index contributed by atoms with van der Waals surface area (Å²) < 4.78 is 1.88. The van der Waals surface area contributed by atoms with Gasteiger partial charge in [0.05, 0.1) is 22.0 Å². The highest BCUT2D eigenvalue weighted by Gasteiger charge is 2.23. The maximum atomic E-state index is 12.8. The molecule has 4 nitrogen and oxygen atoms in total. The predicted molar refractivity (Wildman–Crippen MR) is 126 cm³/mol. The van der Waals surface area contributed by atoms with Crippen molar-refractivity contribution in [3.63, 3.8) is 0 Å². The Kier molecular flexibility index (Phi) is 5.39. The van der Waals surface area contributed by atoms with Gasteiger partial charge in [-0.15, -0.1) is 0 Å². The van der Waals surface area contributed by atoms with Gasteiger partial charge in [0.25, 0.3) is 5.91 Å². The molecule has 2 heterocycles. The van der Waals surface area contributed by atoms with Crippen LogP contribution < -0.4 is 5.32 Å². The summed E-state index contributed by atoms with van der Waals surface area (Å²) in [6.45, 7) is 0. The molecule has 0 unspecified atom stereocenters. The van der Waals surface area contributed by atoms with Crippen molar-refractivity contribution in [3.05, 3.63) is 81.4 Å². The number of aromatic nitrogens is 2. The zero-order chi connectivity index (χ0) is 21.5. The minimum absolute atomic E-state index is 0.128. The predicted octanol–water partition coefficient (Wildman–Crippen LogP) is 6.91. The number of amides is 1. The minimum Gasteiger partial charge on any atom is -0.349 e. The number of rotatable bonds is 4. The number of nitrogens with zero attached hydrogens (tertiary/aromatic N) is 2. The third-order valence-electron chi connectivity index (χ3n) is 5.61. The highest BCUT2D eigenvalue weighted by molar-refractivity contribution is 6.34. The normalized spacial score (nSPS) is 13.9. The van der Waals surface area contributed by atoms with Crippen LogP contribution >= 0.6 is 34.8 Å². The van der Waals surface area contributed by atoms with Crippen molar-refractivity contribution in [1.29, 1.82) is 0 Å². The van der Waals surface area contributed by atoms with Crippen molar-refractivity contribution in [2.24, 2.45) is 0 Å². The molecule has 4 aromatic rings. The number of carbonyl (C=O) groups excluding carboxylic acids is 1. The van der Waals surface area contributed by atoms with Gasteiger partial charge in [-0.1, -0.05) is 59.1 Å². The van der Waals surface area contributed by atoms with Gasteiger partial charge in [-0.2, -0.15) is 0 Å². The van der Waals surface area contributed by atoms with Crippen LogP contribution in [0, 0.1) is 0 Å². The number of carbonyl (C=O) groups is 1. The van der Waals surface area contributed by atoms with Gasteiger partial charge < -0.3 is 5.32 Å². The Balaban J connectivity index is 1.71. The maximum absolute atomic E-state index is 12.8. The lowest BCUT2D eigenvalue weighted by molar-refractivity contribution is 0.0916. The van der Waals surface area contributed by atoms with E-state index in [0.29, 0.717) is 26.3 Å². The van der Waals surface area contributed by atoms with Crippen molar-refractivity contribution >= 4 is 46.4 Å². The highest BCUT2D eigenvalue weighted by Crippen LogP contribution is 2.36. The number of imidazole rings is 1. The summed E-state index contributed by atoms with van der Waals surface area (Å²) in [5.74, 6) is -0.128. The number of pyridine rings is 1. The monoisotopic (exact) mass is 469 g/mol. The minimum atomic E-state index is -0.128. The standard InChI is InChI=1S/C24H18Cl3N3O/c25-17-8-4-14(5-9-17)21-22(15-6-10-18(26)11-7-15)30-13-16(12-20(27)23(30)29-21)24(31)28-19-2-1-3-19/h4-13,19H,1-3H2,(H,28,31). The number of fused-ring (bicyclic) bond motifs is 1. The molecule has 2 aromatic heterocycles. The Morgan fingerprint density at radius 3 is 2.13 bits per heavy atom. The van der Waals surface area contributed by atoms with Crippen LogP contribution in [-0.2, 0) is 0 Å². The summed E-state index contributed by atoms with van der Waals surface area (Å²) in [7, 11) is 0. The van der Waals surface area contributed by atoms with Gasteiger partial charge in [0, 0.05) is 33.4 Å². The first-order valence-electron chi connectivity index (χ1n) is 10.0. The van der Waals surface area contributed by atoms with Gasteiger partial charge in [0.1, 0.15) is 0 Å². The van der Waals surface area contributed by atoms with E-state index >= 15 is 0 Å². The van der Waals surface area contributed by atoms with Crippen molar-refractivity contribution in [2.75, 3.05) is 0 Å². The largest absolute Gasteiger partial charge is 0.349 e. The van der Waals surface area contributed by atoms with Gasteiger partial charge in [-0.05, 0) is 49.6 Å². The number of nitrogens with one attached hydrogen (secondary N) is 1. The van der Waals surface area contributed by atoms with E-state index in [4.69, 9.17) is 39.8 Å². The van der Waals surface area contributed by atoms with Crippen LogP contribution in [-0.4, -0.2) is 21.3 Å². The lowest BCUT2D eigenvalue weighted by Gasteiger charge is -2.26. The second kappa shape index (κ2) is 8.19. The SMILES string of the molecule is O=C(NC1CCC1)c1cc(Cl)c2nc(-c3ccc(Cl)cc3)c(-c3ccc(Cl)cc3)n2c1. The molecule has 1 N–H and O–H groups in total. The fourth-order valence-corrected chi connectivity index (χ4v) is 4.25. The van der Waals surface area contributed by atoms with Crippen LogP contribution in [0.3, 0.4) is 0 Å². The molecule has 0 saturated heterocycles. The van der Waals surface area contributed by atoms with Gasteiger partial charge in [-0.25, -0.2) is 4.98 Å². The fraction of sp³-hybridized carbons (Fsp3) is 0.167. The van der Waals surface area contributed by atoms with E-state index in [-0.39, 0.29) is 11.9 Å². The quantitative estimate of drug-likeness (QED) is 0.352. The molecule has 2 aromatic carbocycles. The molecular weight excluding hydrogens is 453 g/mol. The molecule has 1 saturated carbocycles. The van der Waals surface area contributed by atoms with Gasteiger partial charge in [-0.3, -0.25) is 9.20 Å². The number of hydrogen-bond acceptors (Lipinski definition) is 2. The molecule has 0 spiro atoms. The van der Waals surface area contributed by atoms with Gasteiger partial charge >= 0.3 is 0 Å². The zero-order valence-electron chi connectivity index (χ0n) is 16.4. The van der Waals surface area contributed by atoms with E-state index in [1.54, 1.807) is 12.3 Å². The van der Waals surface area contributed by atoms with Crippen LogP contribution in [0.4, 0.5) is 0 Å².